The number of fused-ring (bicyclic) bond motifs is 3. The molecule has 32 heavy (non-hydrogen) atoms. The molecule has 0 fully saturated rings. The van der Waals surface area contributed by atoms with Crippen molar-refractivity contribution in [3.05, 3.63) is 77.6 Å². The van der Waals surface area contributed by atoms with Crippen LogP contribution in [-0.4, -0.2) is 28.5 Å². The van der Waals surface area contributed by atoms with E-state index in [2.05, 4.69) is 17.2 Å². The minimum atomic E-state index is -0.485. The summed E-state index contributed by atoms with van der Waals surface area (Å²) in [6.07, 6.45) is 4.27. The number of para-hydroxylation sites is 2. The Morgan fingerprint density at radius 1 is 1.09 bits per heavy atom. The van der Waals surface area contributed by atoms with Gasteiger partial charge >= 0.3 is 5.97 Å². The zero-order valence-corrected chi connectivity index (χ0v) is 17.8. The van der Waals surface area contributed by atoms with Crippen LogP contribution in [0.1, 0.15) is 35.0 Å². The van der Waals surface area contributed by atoms with Crippen molar-refractivity contribution in [2.24, 2.45) is 5.92 Å². The van der Waals surface area contributed by atoms with Gasteiger partial charge in [-0.05, 0) is 48.9 Å². The SMILES string of the molecule is CC1CCc2nc3ccccc3c(C(=O)OCC(=O)Nc3cnc4ccccc4c3)c2C1. The molecule has 0 radical (unpaired) electrons. The number of aryl methyl sites for hydroxylation is 1. The molecule has 1 N–H and O–H groups in total. The standard InChI is InChI=1S/C26H23N3O3/c1-16-10-11-23-20(12-16)25(19-7-3-5-9-22(19)29-23)26(31)32-15-24(30)28-18-13-17-6-2-4-8-21(17)27-14-18/h2-9,13-14,16H,10-12,15H2,1H3,(H,28,30). The number of carbonyl (C=O) groups excluding carboxylic acids is 2. The highest BCUT2D eigenvalue weighted by molar-refractivity contribution is 6.06. The molecular weight excluding hydrogens is 402 g/mol. The molecule has 0 saturated carbocycles. The summed E-state index contributed by atoms with van der Waals surface area (Å²) in [6, 6.07) is 17.1. The Morgan fingerprint density at radius 3 is 2.75 bits per heavy atom. The van der Waals surface area contributed by atoms with E-state index in [1.54, 1.807) is 6.20 Å². The van der Waals surface area contributed by atoms with E-state index < -0.39 is 11.9 Å². The fraction of sp³-hybridized carbons (Fsp3) is 0.231. The van der Waals surface area contributed by atoms with Crippen LogP contribution < -0.4 is 5.32 Å². The molecule has 1 aliphatic carbocycles. The second-order valence-electron chi connectivity index (χ2n) is 8.32. The summed E-state index contributed by atoms with van der Waals surface area (Å²) >= 11 is 0. The molecule has 0 aliphatic heterocycles. The van der Waals surface area contributed by atoms with Crippen molar-refractivity contribution >= 4 is 39.4 Å². The Balaban J connectivity index is 1.35. The lowest BCUT2D eigenvalue weighted by Crippen LogP contribution is -2.23. The quantitative estimate of drug-likeness (QED) is 0.479. The third kappa shape index (κ3) is 3.91. The van der Waals surface area contributed by atoms with Crippen LogP contribution in [0.3, 0.4) is 0 Å². The Hall–Kier alpha value is -3.80. The van der Waals surface area contributed by atoms with Crippen molar-refractivity contribution in [3.63, 3.8) is 0 Å². The van der Waals surface area contributed by atoms with Gasteiger partial charge in [0.25, 0.3) is 5.91 Å². The molecule has 1 aliphatic rings. The molecule has 4 aromatic rings. The van der Waals surface area contributed by atoms with Gasteiger partial charge in [-0.3, -0.25) is 14.8 Å². The first kappa shape index (κ1) is 20.1. The van der Waals surface area contributed by atoms with Crippen LogP contribution in [0.5, 0.6) is 0 Å². The van der Waals surface area contributed by atoms with Gasteiger partial charge in [0.05, 0.1) is 28.5 Å². The molecule has 1 unspecified atom stereocenters. The van der Waals surface area contributed by atoms with E-state index in [-0.39, 0.29) is 6.61 Å². The summed E-state index contributed by atoms with van der Waals surface area (Å²) < 4.78 is 5.46. The summed E-state index contributed by atoms with van der Waals surface area (Å²) in [7, 11) is 0. The van der Waals surface area contributed by atoms with E-state index in [0.717, 1.165) is 52.3 Å². The number of hydrogen-bond acceptors (Lipinski definition) is 5. The Bertz CT molecular complexity index is 1350. The van der Waals surface area contributed by atoms with Gasteiger partial charge in [0.2, 0.25) is 0 Å². The summed E-state index contributed by atoms with van der Waals surface area (Å²) in [5, 5.41) is 4.45. The summed E-state index contributed by atoms with van der Waals surface area (Å²) in [5.41, 5.74) is 4.63. The number of nitrogens with zero attached hydrogens (tertiary/aromatic N) is 2. The molecule has 6 nitrogen and oxygen atoms in total. The van der Waals surface area contributed by atoms with E-state index in [1.807, 2.05) is 54.6 Å². The molecule has 0 saturated heterocycles. The van der Waals surface area contributed by atoms with Crippen molar-refractivity contribution in [2.45, 2.75) is 26.2 Å². The average molecular weight is 425 g/mol. The van der Waals surface area contributed by atoms with Crippen LogP contribution >= 0.6 is 0 Å². The fourth-order valence-electron chi connectivity index (χ4n) is 4.34. The molecule has 2 aromatic heterocycles. The molecule has 5 rings (SSSR count). The summed E-state index contributed by atoms with van der Waals surface area (Å²) in [4.78, 5) is 34.7. The minimum Gasteiger partial charge on any atom is -0.452 e. The molecule has 0 spiro atoms. The predicted molar refractivity (Wildman–Crippen MR) is 124 cm³/mol. The molecule has 2 heterocycles. The topological polar surface area (TPSA) is 81.2 Å². The Morgan fingerprint density at radius 2 is 1.88 bits per heavy atom. The first-order valence-corrected chi connectivity index (χ1v) is 10.8. The lowest BCUT2D eigenvalue weighted by Gasteiger charge is -2.24. The number of pyridine rings is 2. The second-order valence-corrected chi connectivity index (χ2v) is 8.32. The van der Waals surface area contributed by atoms with Crippen LogP contribution in [0.25, 0.3) is 21.8 Å². The smallest absolute Gasteiger partial charge is 0.339 e. The molecular formula is C26H23N3O3. The van der Waals surface area contributed by atoms with Gasteiger partial charge in [0.1, 0.15) is 0 Å². The van der Waals surface area contributed by atoms with Crippen molar-refractivity contribution < 1.29 is 14.3 Å². The van der Waals surface area contributed by atoms with Gasteiger partial charge in [-0.1, -0.05) is 43.3 Å². The Kier molecular flexibility index (Phi) is 5.27. The van der Waals surface area contributed by atoms with E-state index in [4.69, 9.17) is 9.72 Å². The highest BCUT2D eigenvalue weighted by Gasteiger charge is 2.26. The minimum absolute atomic E-state index is 0.368. The van der Waals surface area contributed by atoms with Crippen LogP contribution in [0, 0.1) is 5.92 Å². The lowest BCUT2D eigenvalue weighted by atomic mass is 9.84. The van der Waals surface area contributed by atoms with Gasteiger partial charge in [0, 0.05) is 16.5 Å². The van der Waals surface area contributed by atoms with Crippen LogP contribution in [-0.2, 0) is 22.4 Å². The van der Waals surface area contributed by atoms with Crippen molar-refractivity contribution in [1.82, 2.24) is 9.97 Å². The third-order valence-electron chi connectivity index (χ3n) is 5.92. The fourth-order valence-corrected chi connectivity index (χ4v) is 4.34. The number of rotatable bonds is 4. The van der Waals surface area contributed by atoms with Gasteiger partial charge < -0.3 is 10.1 Å². The number of hydrogen-bond donors (Lipinski definition) is 1. The number of benzene rings is 2. The van der Waals surface area contributed by atoms with E-state index in [0.29, 0.717) is 17.2 Å². The number of aromatic nitrogens is 2. The molecule has 1 amide bonds. The average Bonchev–Trinajstić information content (AvgIpc) is 2.81. The normalized spacial score (nSPS) is 15.3. The second kappa shape index (κ2) is 8.38. The highest BCUT2D eigenvalue weighted by Crippen LogP contribution is 2.32. The van der Waals surface area contributed by atoms with Crippen molar-refractivity contribution in [2.75, 3.05) is 11.9 Å². The first-order valence-electron chi connectivity index (χ1n) is 10.8. The number of anilines is 1. The molecule has 160 valence electrons. The van der Waals surface area contributed by atoms with Gasteiger partial charge in [-0.25, -0.2) is 4.79 Å². The largest absolute Gasteiger partial charge is 0.452 e. The van der Waals surface area contributed by atoms with Crippen LogP contribution in [0.15, 0.2) is 60.8 Å². The molecule has 2 aromatic carbocycles. The van der Waals surface area contributed by atoms with E-state index in [1.165, 1.54) is 0 Å². The Labute approximate surface area is 185 Å². The van der Waals surface area contributed by atoms with E-state index in [9.17, 15) is 9.59 Å². The van der Waals surface area contributed by atoms with Gasteiger partial charge in [-0.2, -0.15) is 0 Å². The maximum atomic E-state index is 13.1. The zero-order valence-electron chi connectivity index (χ0n) is 17.8. The van der Waals surface area contributed by atoms with Crippen LogP contribution in [0.2, 0.25) is 0 Å². The van der Waals surface area contributed by atoms with E-state index >= 15 is 0 Å². The van der Waals surface area contributed by atoms with Crippen molar-refractivity contribution in [1.29, 1.82) is 0 Å². The molecule has 6 heteroatoms. The van der Waals surface area contributed by atoms with Crippen LogP contribution in [0.4, 0.5) is 5.69 Å². The summed E-state index contributed by atoms with van der Waals surface area (Å²) in [6.45, 7) is 1.81. The van der Waals surface area contributed by atoms with Crippen molar-refractivity contribution in [3.8, 4) is 0 Å². The van der Waals surface area contributed by atoms with Gasteiger partial charge in [-0.15, -0.1) is 0 Å². The number of nitrogens with one attached hydrogen (secondary N) is 1. The maximum absolute atomic E-state index is 13.1. The number of esters is 1. The maximum Gasteiger partial charge on any atom is 0.339 e. The predicted octanol–water partition coefficient (Wildman–Crippen LogP) is 4.70. The highest BCUT2D eigenvalue weighted by atomic mass is 16.5. The molecule has 1 atom stereocenters. The molecule has 0 bridgehead atoms. The first-order chi connectivity index (χ1) is 15.6. The number of amides is 1. The summed E-state index contributed by atoms with van der Waals surface area (Å²) in [5.74, 6) is -0.419. The van der Waals surface area contributed by atoms with Gasteiger partial charge in [0.15, 0.2) is 6.61 Å². The number of ether oxygens (including phenoxy) is 1. The third-order valence-corrected chi connectivity index (χ3v) is 5.92. The number of carbonyl (C=O) groups is 2. The monoisotopic (exact) mass is 425 g/mol. The zero-order chi connectivity index (χ0) is 22.1. The lowest BCUT2D eigenvalue weighted by molar-refractivity contribution is -0.119.